The molecule has 0 saturated heterocycles. The Morgan fingerprint density at radius 1 is 1.19 bits per heavy atom. The zero-order valence-corrected chi connectivity index (χ0v) is 15.4. The Hall–Kier alpha value is -3.21. The molecule has 3 rings (SSSR count). The number of hydrogen-bond acceptors (Lipinski definition) is 2. The van der Waals surface area contributed by atoms with E-state index in [9.17, 15) is 9.18 Å². The monoisotopic (exact) mass is 363 g/mol. The second-order valence-electron chi connectivity index (χ2n) is 6.58. The highest BCUT2D eigenvalue weighted by atomic mass is 19.1. The van der Waals surface area contributed by atoms with E-state index in [4.69, 9.17) is 0 Å². The van der Waals surface area contributed by atoms with Crippen LogP contribution in [0.4, 0.5) is 4.39 Å². The minimum Gasteiger partial charge on any atom is -0.348 e. The Balaban J connectivity index is 2.03. The van der Waals surface area contributed by atoms with Gasteiger partial charge >= 0.3 is 0 Å². The summed E-state index contributed by atoms with van der Waals surface area (Å²) in [6, 6.07) is 14.6. The summed E-state index contributed by atoms with van der Waals surface area (Å²) in [5.41, 5.74) is 4.59. The van der Waals surface area contributed by atoms with Crippen molar-refractivity contribution in [3.8, 4) is 22.4 Å². The molecule has 0 saturated carbocycles. The predicted molar refractivity (Wildman–Crippen MR) is 105 cm³/mol. The molecule has 2 aromatic carbocycles. The van der Waals surface area contributed by atoms with E-state index < -0.39 is 0 Å². The van der Waals surface area contributed by atoms with E-state index in [1.165, 1.54) is 18.2 Å². The van der Waals surface area contributed by atoms with Crippen LogP contribution in [0.25, 0.3) is 22.4 Å². The summed E-state index contributed by atoms with van der Waals surface area (Å²) in [6.45, 7) is 7.98. The highest BCUT2D eigenvalue weighted by Crippen LogP contribution is 2.29. The molecule has 1 aromatic heterocycles. The molecule has 0 unspecified atom stereocenters. The summed E-state index contributed by atoms with van der Waals surface area (Å²) in [7, 11) is 0. The molecule has 0 radical (unpaired) electrons. The van der Waals surface area contributed by atoms with Crippen molar-refractivity contribution < 1.29 is 9.18 Å². The van der Waals surface area contributed by atoms with E-state index >= 15 is 0 Å². The number of halogens is 1. The SMILES string of the molecule is C=CC(=O)NCc1ccc(-c2ccc(F)cc2)cc1-c1ccn(C(C)C)n1. The number of carbonyl (C=O) groups is 1. The lowest BCUT2D eigenvalue weighted by Gasteiger charge is -2.12. The molecule has 0 aliphatic carbocycles. The molecule has 5 heteroatoms. The van der Waals surface area contributed by atoms with Gasteiger partial charge in [0.1, 0.15) is 5.82 Å². The lowest BCUT2D eigenvalue weighted by Crippen LogP contribution is -2.20. The van der Waals surface area contributed by atoms with Crippen molar-refractivity contribution in [1.29, 1.82) is 0 Å². The van der Waals surface area contributed by atoms with Crippen molar-refractivity contribution in [1.82, 2.24) is 15.1 Å². The van der Waals surface area contributed by atoms with E-state index in [1.54, 1.807) is 12.1 Å². The number of hydrogen-bond donors (Lipinski definition) is 1. The molecule has 3 aromatic rings. The third-order valence-corrected chi connectivity index (χ3v) is 4.34. The molecule has 138 valence electrons. The minimum atomic E-state index is -0.265. The highest BCUT2D eigenvalue weighted by molar-refractivity contribution is 5.87. The van der Waals surface area contributed by atoms with E-state index in [1.807, 2.05) is 35.1 Å². The van der Waals surface area contributed by atoms with Gasteiger partial charge in [0.25, 0.3) is 0 Å². The molecule has 0 fully saturated rings. The van der Waals surface area contributed by atoms with Crippen LogP contribution in [-0.2, 0) is 11.3 Å². The van der Waals surface area contributed by atoms with Gasteiger partial charge in [-0.2, -0.15) is 5.10 Å². The van der Waals surface area contributed by atoms with Crippen LogP contribution in [0.1, 0.15) is 25.5 Å². The highest BCUT2D eigenvalue weighted by Gasteiger charge is 2.12. The fourth-order valence-corrected chi connectivity index (χ4v) is 2.81. The van der Waals surface area contributed by atoms with Crippen molar-refractivity contribution in [2.24, 2.45) is 0 Å². The van der Waals surface area contributed by atoms with Crippen molar-refractivity contribution in [2.45, 2.75) is 26.4 Å². The molecule has 1 N–H and O–H groups in total. The molecule has 0 aliphatic heterocycles. The van der Waals surface area contributed by atoms with Crippen molar-refractivity contribution in [2.75, 3.05) is 0 Å². The average Bonchev–Trinajstić information content (AvgIpc) is 3.17. The molecular formula is C22H22FN3O. The van der Waals surface area contributed by atoms with Crippen LogP contribution in [-0.4, -0.2) is 15.7 Å². The molecule has 0 spiro atoms. The fraction of sp³-hybridized carbons (Fsp3) is 0.182. The Morgan fingerprint density at radius 3 is 2.52 bits per heavy atom. The molecule has 27 heavy (non-hydrogen) atoms. The summed E-state index contributed by atoms with van der Waals surface area (Å²) in [4.78, 5) is 11.6. The average molecular weight is 363 g/mol. The van der Waals surface area contributed by atoms with Gasteiger partial charge in [-0.15, -0.1) is 0 Å². The normalized spacial score (nSPS) is 10.8. The number of benzene rings is 2. The Kier molecular flexibility index (Phi) is 5.50. The van der Waals surface area contributed by atoms with Gasteiger partial charge in [0.2, 0.25) is 5.91 Å². The first kappa shape index (κ1) is 18.6. The number of rotatable bonds is 6. The number of nitrogens with zero attached hydrogens (tertiary/aromatic N) is 2. The molecular weight excluding hydrogens is 341 g/mol. The largest absolute Gasteiger partial charge is 0.348 e. The molecule has 1 amide bonds. The van der Waals surface area contributed by atoms with Crippen LogP contribution < -0.4 is 5.32 Å². The standard InChI is InChI=1S/C22H22FN3O/c1-4-22(27)24-14-18-6-5-17(16-7-9-19(23)10-8-16)13-20(18)21-11-12-26(25-21)15(2)3/h4-13,15H,1,14H2,2-3H3,(H,24,27). The molecule has 4 nitrogen and oxygen atoms in total. The smallest absolute Gasteiger partial charge is 0.243 e. The summed E-state index contributed by atoms with van der Waals surface area (Å²) in [6.07, 6.45) is 3.19. The van der Waals surface area contributed by atoms with Gasteiger partial charge in [0, 0.05) is 24.3 Å². The van der Waals surface area contributed by atoms with Crippen LogP contribution in [0.5, 0.6) is 0 Å². The van der Waals surface area contributed by atoms with Crippen molar-refractivity contribution >= 4 is 5.91 Å². The number of carbonyl (C=O) groups excluding carboxylic acids is 1. The molecule has 0 atom stereocenters. The Morgan fingerprint density at radius 2 is 1.89 bits per heavy atom. The van der Waals surface area contributed by atoms with E-state index in [0.717, 1.165) is 27.9 Å². The van der Waals surface area contributed by atoms with E-state index in [-0.39, 0.29) is 17.8 Å². The summed E-state index contributed by atoms with van der Waals surface area (Å²) in [5.74, 6) is -0.491. The first-order valence-electron chi connectivity index (χ1n) is 8.82. The summed E-state index contributed by atoms with van der Waals surface area (Å²) in [5, 5.41) is 7.47. The first-order chi connectivity index (χ1) is 13.0. The van der Waals surface area contributed by atoms with Crippen molar-refractivity contribution in [3.63, 3.8) is 0 Å². The third kappa shape index (κ3) is 4.31. The molecule has 1 heterocycles. The van der Waals surface area contributed by atoms with Crippen LogP contribution >= 0.6 is 0 Å². The Bertz CT molecular complexity index is 958. The van der Waals surface area contributed by atoms with Crippen LogP contribution in [0.3, 0.4) is 0 Å². The zero-order chi connectivity index (χ0) is 19.4. The first-order valence-corrected chi connectivity index (χ1v) is 8.82. The van der Waals surface area contributed by atoms with Crippen LogP contribution in [0.2, 0.25) is 0 Å². The van der Waals surface area contributed by atoms with Crippen LogP contribution in [0, 0.1) is 5.82 Å². The van der Waals surface area contributed by atoms with Gasteiger partial charge in [-0.1, -0.05) is 30.8 Å². The fourth-order valence-electron chi connectivity index (χ4n) is 2.81. The van der Waals surface area contributed by atoms with Crippen LogP contribution in [0.15, 0.2) is 67.4 Å². The van der Waals surface area contributed by atoms with Gasteiger partial charge in [0.15, 0.2) is 0 Å². The number of amides is 1. The second kappa shape index (κ2) is 7.99. The summed E-state index contributed by atoms with van der Waals surface area (Å²) < 4.78 is 15.1. The Labute approximate surface area is 158 Å². The van der Waals surface area contributed by atoms with Gasteiger partial charge in [-0.05, 0) is 60.9 Å². The summed E-state index contributed by atoms with van der Waals surface area (Å²) >= 11 is 0. The van der Waals surface area contributed by atoms with Crippen molar-refractivity contribution in [3.05, 3.63) is 78.8 Å². The lowest BCUT2D eigenvalue weighted by molar-refractivity contribution is -0.116. The van der Waals surface area contributed by atoms with Gasteiger partial charge in [-0.25, -0.2) is 4.39 Å². The third-order valence-electron chi connectivity index (χ3n) is 4.34. The quantitative estimate of drug-likeness (QED) is 0.643. The second-order valence-corrected chi connectivity index (χ2v) is 6.58. The van der Waals surface area contributed by atoms with E-state index in [2.05, 4.69) is 30.8 Å². The number of nitrogens with one attached hydrogen (secondary N) is 1. The molecule has 0 bridgehead atoms. The maximum atomic E-state index is 13.2. The lowest BCUT2D eigenvalue weighted by atomic mass is 9.97. The van der Waals surface area contributed by atoms with Gasteiger partial charge in [-0.3, -0.25) is 9.48 Å². The topological polar surface area (TPSA) is 46.9 Å². The zero-order valence-electron chi connectivity index (χ0n) is 15.4. The maximum Gasteiger partial charge on any atom is 0.243 e. The van der Waals surface area contributed by atoms with Gasteiger partial charge in [0.05, 0.1) is 5.69 Å². The number of aromatic nitrogens is 2. The minimum absolute atomic E-state index is 0.226. The maximum absolute atomic E-state index is 13.2. The van der Waals surface area contributed by atoms with Gasteiger partial charge < -0.3 is 5.32 Å². The molecule has 0 aliphatic rings. The van der Waals surface area contributed by atoms with E-state index in [0.29, 0.717) is 6.54 Å². The predicted octanol–water partition coefficient (Wildman–Crippen LogP) is 4.74.